The zero-order valence-electron chi connectivity index (χ0n) is 15.6. The van der Waals surface area contributed by atoms with E-state index in [2.05, 4.69) is 5.32 Å². The number of aromatic nitrogens is 1. The zero-order chi connectivity index (χ0) is 20.1. The lowest BCUT2D eigenvalue weighted by Gasteiger charge is -2.12. The highest BCUT2D eigenvalue weighted by atomic mass is 16.5. The predicted octanol–water partition coefficient (Wildman–Crippen LogP) is 3.77. The van der Waals surface area contributed by atoms with Gasteiger partial charge in [0.05, 0.1) is 0 Å². The first-order valence-corrected chi connectivity index (χ1v) is 8.72. The van der Waals surface area contributed by atoms with Crippen molar-refractivity contribution in [3.63, 3.8) is 0 Å². The molecule has 0 aliphatic rings. The summed E-state index contributed by atoms with van der Waals surface area (Å²) in [7, 11) is 0. The van der Waals surface area contributed by atoms with Crippen LogP contribution in [0.1, 0.15) is 16.8 Å². The van der Waals surface area contributed by atoms with E-state index in [1.54, 1.807) is 44.2 Å². The molecule has 1 aromatic heterocycles. The molecular formula is C22H19N3O3. The van der Waals surface area contributed by atoms with Crippen LogP contribution >= 0.6 is 0 Å². The summed E-state index contributed by atoms with van der Waals surface area (Å²) in [6, 6.07) is 20.0. The number of benzene rings is 2. The smallest absolute Gasteiger partial charge is 0.269 e. The number of carbonyl (C=O) groups is 1. The molecule has 6 nitrogen and oxygen atoms in total. The maximum absolute atomic E-state index is 12.4. The van der Waals surface area contributed by atoms with Crippen molar-refractivity contribution in [2.75, 3.05) is 5.32 Å². The number of nitrogens with one attached hydrogen (secondary N) is 1. The highest BCUT2D eigenvalue weighted by Gasteiger charge is 2.13. The third-order valence-electron chi connectivity index (χ3n) is 4.24. The molecule has 0 saturated carbocycles. The van der Waals surface area contributed by atoms with Gasteiger partial charge in [0.2, 0.25) is 5.91 Å². The Morgan fingerprint density at radius 2 is 1.71 bits per heavy atom. The molecule has 3 aromatic rings. The van der Waals surface area contributed by atoms with Crippen LogP contribution in [0.15, 0.2) is 65.5 Å². The molecule has 0 aliphatic heterocycles. The number of rotatable bonds is 5. The molecule has 1 amide bonds. The predicted molar refractivity (Wildman–Crippen MR) is 106 cm³/mol. The highest BCUT2D eigenvalue weighted by molar-refractivity contribution is 5.90. The number of aryl methyl sites for hydroxylation is 2. The number of para-hydroxylation sites is 1. The molecule has 0 bridgehead atoms. The van der Waals surface area contributed by atoms with Gasteiger partial charge in [-0.05, 0) is 61.9 Å². The van der Waals surface area contributed by atoms with Crippen LogP contribution in [0.25, 0.3) is 0 Å². The van der Waals surface area contributed by atoms with E-state index in [0.717, 1.165) is 5.75 Å². The van der Waals surface area contributed by atoms with Gasteiger partial charge in [0.1, 0.15) is 29.7 Å². The van der Waals surface area contributed by atoms with Crippen LogP contribution in [0.2, 0.25) is 0 Å². The van der Waals surface area contributed by atoms with Crippen LogP contribution in [0, 0.1) is 25.2 Å². The summed E-state index contributed by atoms with van der Waals surface area (Å²) in [4.78, 5) is 24.8. The monoisotopic (exact) mass is 373 g/mol. The summed E-state index contributed by atoms with van der Waals surface area (Å²) in [5.74, 6) is 1.02. The van der Waals surface area contributed by atoms with Crippen LogP contribution < -0.4 is 15.6 Å². The van der Waals surface area contributed by atoms with E-state index in [1.807, 2.05) is 36.4 Å². The van der Waals surface area contributed by atoms with Gasteiger partial charge in [-0.2, -0.15) is 5.26 Å². The van der Waals surface area contributed by atoms with E-state index in [1.165, 1.54) is 4.57 Å². The third-order valence-corrected chi connectivity index (χ3v) is 4.24. The number of amides is 1. The van der Waals surface area contributed by atoms with Gasteiger partial charge in [-0.1, -0.05) is 18.2 Å². The van der Waals surface area contributed by atoms with Crippen molar-refractivity contribution in [2.45, 2.75) is 20.4 Å². The van der Waals surface area contributed by atoms with Gasteiger partial charge in [0.25, 0.3) is 5.56 Å². The first kappa shape index (κ1) is 18.9. The molecule has 6 heteroatoms. The van der Waals surface area contributed by atoms with E-state index >= 15 is 0 Å². The second-order valence-electron chi connectivity index (χ2n) is 6.33. The summed E-state index contributed by atoms with van der Waals surface area (Å²) >= 11 is 0. The number of anilines is 1. The highest BCUT2D eigenvalue weighted by Crippen LogP contribution is 2.22. The third kappa shape index (κ3) is 4.27. The van der Waals surface area contributed by atoms with Gasteiger partial charge in [-0.3, -0.25) is 9.59 Å². The fraction of sp³-hybridized carbons (Fsp3) is 0.136. The first-order chi connectivity index (χ1) is 13.5. The van der Waals surface area contributed by atoms with Gasteiger partial charge >= 0.3 is 0 Å². The van der Waals surface area contributed by atoms with Gasteiger partial charge in [0.15, 0.2) is 0 Å². The molecule has 1 N–H and O–H groups in total. The Labute approximate surface area is 162 Å². The summed E-state index contributed by atoms with van der Waals surface area (Å²) in [5.41, 5.74) is 1.42. The summed E-state index contributed by atoms with van der Waals surface area (Å²) in [5, 5.41) is 11.9. The quantitative estimate of drug-likeness (QED) is 0.738. The Hall–Kier alpha value is -3.85. The second kappa shape index (κ2) is 8.23. The van der Waals surface area contributed by atoms with Crippen LogP contribution in [0.5, 0.6) is 11.5 Å². The van der Waals surface area contributed by atoms with Crippen molar-refractivity contribution < 1.29 is 9.53 Å². The number of nitriles is 1. The lowest BCUT2D eigenvalue weighted by atomic mass is 10.1. The molecule has 0 unspecified atom stereocenters. The molecule has 0 aliphatic carbocycles. The summed E-state index contributed by atoms with van der Waals surface area (Å²) in [6.45, 7) is 3.27. The van der Waals surface area contributed by atoms with Gasteiger partial charge in [0, 0.05) is 11.4 Å². The Kier molecular flexibility index (Phi) is 5.56. The van der Waals surface area contributed by atoms with Crippen LogP contribution in [-0.4, -0.2) is 10.5 Å². The maximum Gasteiger partial charge on any atom is 0.269 e. The van der Waals surface area contributed by atoms with Gasteiger partial charge in [-0.25, -0.2) is 0 Å². The van der Waals surface area contributed by atoms with E-state index in [0.29, 0.717) is 22.7 Å². The first-order valence-electron chi connectivity index (χ1n) is 8.72. The maximum atomic E-state index is 12.4. The van der Waals surface area contributed by atoms with Crippen molar-refractivity contribution in [3.05, 3.63) is 87.8 Å². The summed E-state index contributed by atoms with van der Waals surface area (Å²) < 4.78 is 7.01. The Balaban J connectivity index is 1.69. The lowest BCUT2D eigenvalue weighted by molar-refractivity contribution is -0.116. The minimum Gasteiger partial charge on any atom is -0.457 e. The molecule has 28 heavy (non-hydrogen) atoms. The van der Waals surface area contributed by atoms with E-state index in [4.69, 9.17) is 10.00 Å². The molecule has 0 atom stereocenters. The summed E-state index contributed by atoms with van der Waals surface area (Å²) in [6.07, 6.45) is 0. The number of pyridine rings is 1. The van der Waals surface area contributed by atoms with Crippen molar-refractivity contribution in [2.24, 2.45) is 0 Å². The molecule has 2 aromatic carbocycles. The number of hydrogen-bond donors (Lipinski definition) is 1. The zero-order valence-corrected chi connectivity index (χ0v) is 15.6. The molecule has 1 heterocycles. The van der Waals surface area contributed by atoms with Crippen molar-refractivity contribution in [3.8, 4) is 17.6 Å². The second-order valence-corrected chi connectivity index (χ2v) is 6.33. The van der Waals surface area contributed by atoms with E-state index in [-0.39, 0.29) is 18.0 Å². The largest absolute Gasteiger partial charge is 0.457 e. The van der Waals surface area contributed by atoms with Crippen molar-refractivity contribution in [1.82, 2.24) is 4.57 Å². The van der Waals surface area contributed by atoms with Gasteiger partial charge in [-0.15, -0.1) is 0 Å². The molecule has 0 fully saturated rings. The molecule has 0 spiro atoms. The van der Waals surface area contributed by atoms with E-state index < -0.39 is 5.56 Å². The number of nitrogens with zero attached hydrogens (tertiary/aromatic N) is 2. The van der Waals surface area contributed by atoms with Crippen LogP contribution in [0.3, 0.4) is 0 Å². The molecule has 0 radical (unpaired) electrons. The molecule has 140 valence electrons. The Bertz CT molecular complexity index is 1090. The topological polar surface area (TPSA) is 84.1 Å². The molecular weight excluding hydrogens is 354 g/mol. The standard InChI is InChI=1S/C22H19N3O3/c1-15-12-16(2)25(22(27)20(15)13-23)14-21(26)24-17-8-10-19(11-9-17)28-18-6-4-3-5-7-18/h3-12H,14H2,1-2H3,(H,24,26). The average Bonchev–Trinajstić information content (AvgIpc) is 2.68. The minimum absolute atomic E-state index is 0.0563. The van der Waals surface area contributed by atoms with Crippen LogP contribution in [-0.2, 0) is 11.3 Å². The van der Waals surface area contributed by atoms with Crippen molar-refractivity contribution in [1.29, 1.82) is 5.26 Å². The van der Waals surface area contributed by atoms with Gasteiger partial charge < -0.3 is 14.6 Å². The van der Waals surface area contributed by atoms with Crippen molar-refractivity contribution >= 4 is 11.6 Å². The SMILES string of the molecule is Cc1cc(C)n(CC(=O)Nc2ccc(Oc3ccccc3)cc2)c(=O)c1C#N. The molecule has 3 rings (SSSR count). The normalized spacial score (nSPS) is 10.2. The molecule has 0 saturated heterocycles. The Morgan fingerprint density at radius 1 is 1.07 bits per heavy atom. The lowest BCUT2D eigenvalue weighted by Crippen LogP contribution is -2.31. The van der Waals surface area contributed by atoms with E-state index in [9.17, 15) is 9.59 Å². The number of ether oxygens (including phenoxy) is 1. The minimum atomic E-state index is -0.457. The fourth-order valence-electron chi connectivity index (χ4n) is 2.83. The van der Waals surface area contributed by atoms with Crippen LogP contribution in [0.4, 0.5) is 5.69 Å². The fourth-order valence-corrected chi connectivity index (χ4v) is 2.83. The average molecular weight is 373 g/mol. The number of hydrogen-bond acceptors (Lipinski definition) is 4. The number of carbonyl (C=O) groups excluding carboxylic acids is 1. The Morgan fingerprint density at radius 3 is 2.36 bits per heavy atom.